The van der Waals surface area contributed by atoms with Crippen LogP contribution in [0.5, 0.6) is 0 Å². The van der Waals surface area contributed by atoms with E-state index in [1.54, 1.807) is 6.07 Å². The van der Waals surface area contributed by atoms with Gasteiger partial charge in [0, 0.05) is 38.4 Å². The summed E-state index contributed by atoms with van der Waals surface area (Å²) in [6, 6.07) is 68.0. The van der Waals surface area contributed by atoms with Gasteiger partial charge >= 0.3 is 0 Å². The van der Waals surface area contributed by atoms with Crippen LogP contribution in [0.4, 0.5) is 0 Å². The van der Waals surface area contributed by atoms with E-state index in [1.807, 2.05) is 24.3 Å². The van der Waals surface area contributed by atoms with Gasteiger partial charge in [0.15, 0.2) is 0 Å². The smallest absolute Gasteiger partial charge is 0.0992 e. The van der Waals surface area contributed by atoms with Crippen LogP contribution in [-0.4, -0.2) is 9.13 Å². The van der Waals surface area contributed by atoms with Gasteiger partial charge < -0.3 is 9.13 Å². The van der Waals surface area contributed by atoms with E-state index in [4.69, 9.17) is 0 Å². The van der Waals surface area contributed by atoms with Gasteiger partial charge in [-0.1, -0.05) is 121 Å². The van der Waals surface area contributed by atoms with Crippen LogP contribution >= 0.6 is 0 Å². The van der Waals surface area contributed by atoms with Gasteiger partial charge in [-0.05, 0) is 82.9 Å². The van der Waals surface area contributed by atoms with Crippen molar-refractivity contribution >= 4 is 43.6 Å². The maximum Gasteiger partial charge on any atom is 0.0992 e. The molecule has 0 saturated heterocycles. The Balaban J connectivity index is 1.40. The molecule has 0 aliphatic heterocycles. The number of rotatable bonds is 5. The Labute approximate surface area is 312 Å². The van der Waals surface area contributed by atoms with Gasteiger partial charge in [0.25, 0.3) is 0 Å². The SMILES string of the molecule is N#Cc1cc(C#N)cc(-c2cc(-c3ccccc3)c(-n3c4ccccc4c4c3ccc3c5ccccc5n(-c5ccccc5)c34)c(-c3ccccc3)c2)c1. The Bertz CT molecular complexity index is 3060. The zero-order valence-electron chi connectivity index (χ0n) is 29.1. The summed E-state index contributed by atoms with van der Waals surface area (Å²) in [7, 11) is 0. The largest absolute Gasteiger partial charge is 0.309 e. The van der Waals surface area contributed by atoms with Gasteiger partial charge in [-0.25, -0.2) is 0 Å². The zero-order valence-corrected chi connectivity index (χ0v) is 29.1. The second kappa shape index (κ2) is 12.5. The highest BCUT2D eigenvalue weighted by atomic mass is 15.0. The topological polar surface area (TPSA) is 57.4 Å². The molecule has 10 rings (SSSR count). The lowest BCUT2D eigenvalue weighted by Gasteiger charge is -2.21. The summed E-state index contributed by atoms with van der Waals surface area (Å²) >= 11 is 0. The van der Waals surface area contributed by atoms with E-state index in [2.05, 4.69) is 173 Å². The number of benzene rings is 8. The fourth-order valence-corrected chi connectivity index (χ4v) is 8.24. The maximum absolute atomic E-state index is 9.91. The number of nitrogens with zero attached hydrogens (tertiary/aromatic N) is 4. The molecular weight excluding hydrogens is 657 g/mol. The first-order valence-electron chi connectivity index (χ1n) is 18.0. The molecule has 0 bridgehead atoms. The first-order valence-corrected chi connectivity index (χ1v) is 18.0. The van der Waals surface area contributed by atoms with E-state index in [0.717, 1.165) is 55.8 Å². The molecule has 4 heteroatoms. The van der Waals surface area contributed by atoms with Crippen LogP contribution in [0.3, 0.4) is 0 Å². The highest BCUT2D eigenvalue weighted by Gasteiger charge is 2.25. The van der Waals surface area contributed by atoms with E-state index >= 15 is 0 Å². The highest BCUT2D eigenvalue weighted by Crippen LogP contribution is 2.46. The lowest BCUT2D eigenvalue weighted by atomic mass is 9.90. The van der Waals surface area contributed by atoms with Gasteiger partial charge in [0.05, 0.1) is 51.0 Å². The lowest BCUT2D eigenvalue weighted by molar-refractivity contribution is 1.18. The Morgan fingerprint density at radius 2 is 0.870 bits per heavy atom. The van der Waals surface area contributed by atoms with Crippen LogP contribution in [0.25, 0.3) is 88.4 Å². The van der Waals surface area contributed by atoms with E-state index in [-0.39, 0.29) is 0 Å². The van der Waals surface area contributed by atoms with E-state index in [9.17, 15) is 10.5 Å². The summed E-state index contributed by atoms with van der Waals surface area (Å²) in [6.07, 6.45) is 0. The number of hydrogen-bond acceptors (Lipinski definition) is 2. The molecule has 0 N–H and O–H groups in total. The van der Waals surface area contributed by atoms with Gasteiger partial charge in [-0.3, -0.25) is 0 Å². The summed E-state index contributed by atoms with van der Waals surface area (Å²) in [5.74, 6) is 0. The standard InChI is InChI=1S/C50H30N4/c51-31-33-26-34(32-52)28-37(27-33)38-29-43(35-14-4-1-5-15-35)49(44(30-38)36-16-6-2-7-17-36)54-46-23-13-11-21-42(46)48-47(54)25-24-41-40-20-10-12-22-45(40)53(50(41)48)39-18-8-3-9-19-39/h1-30H. The van der Waals surface area contributed by atoms with E-state index in [1.165, 1.54) is 32.6 Å². The molecule has 0 radical (unpaired) electrons. The summed E-state index contributed by atoms with van der Waals surface area (Å²) in [4.78, 5) is 0. The molecule has 0 atom stereocenters. The summed E-state index contributed by atoms with van der Waals surface area (Å²) in [6.45, 7) is 0. The number of hydrogen-bond donors (Lipinski definition) is 0. The van der Waals surface area contributed by atoms with Crippen LogP contribution in [0.1, 0.15) is 11.1 Å². The molecule has 0 unspecified atom stereocenters. The third kappa shape index (κ3) is 4.83. The molecular formula is C50H30N4. The Morgan fingerprint density at radius 3 is 1.46 bits per heavy atom. The summed E-state index contributed by atoms with van der Waals surface area (Å²) in [5, 5.41) is 24.6. The maximum atomic E-state index is 9.91. The Hall–Kier alpha value is -7.66. The zero-order chi connectivity index (χ0) is 36.2. The number of fused-ring (bicyclic) bond motifs is 7. The van der Waals surface area contributed by atoms with Crippen LogP contribution in [0, 0.1) is 22.7 Å². The molecule has 8 aromatic carbocycles. The van der Waals surface area contributed by atoms with Crippen LogP contribution in [0.2, 0.25) is 0 Å². The Morgan fingerprint density at radius 1 is 0.370 bits per heavy atom. The third-order valence-electron chi connectivity index (χ3n) is 10.5. The average molecular weight is 687 g/mol. The van der Waals surface area contributed by atoms with Crippen molar-refractivity contribution in [2.75, 3.05) is 0 Å². The highest BCUT2D eigenvalue weighted by molar-refractivity contribution is 6.26. The van der Waals surface area contributed by atoms with Crippen LogP contribution in [0.15, 0.2) is 182 Å². The predicted octanol–water partition coefficient (Wildman–Crippen LogP) is 12.6. The minimum Gasteiger partial charge on any atom is -0.309 e. The molecule has 0 amide bonds. The minimum absolute atomic E-state index is 0.455. The predicted molar refractivity (Wildman–Crippen MR) is 221 cm³/mol. The third-order valence-corrected chi connectivity index (χ3v) is 10.5. The molecule has 2 aromatic heterocycles. The van der Waals surface area contributed by atoms with E-state index < -0.39 is 0 Å². The van der Waals surface area contributed by atoms with Gasteiger partial charge in [0.1, 0.15) is 0 Å². The minimum atomic E-state index is 0.455. The van der Waals surface area contributed by atoms with Crippen molar-refractivity contribution in [2.45, 2.75) is 0 Å². The number of nitriles is 2. The molecule has 0 aliphatic carbocycles. The van der Waals surface area contributed by atoms with Crippen molar-refractivity contribution in [3.05, 3.63) is 193 Å². The van der Waals surface area contributed by atoms with Crippen molar-refractivity contribution in [2.24, 2.45) is 0 Å². The lowest BCUT2D eigenvalue weighted by Crippen LogP contribution is -2.02. The molecule has 4 nitrogen and oxygen atoms in total. The fraction of sp³-hybridized carbons (Fsp3) is 0. The van der Waals surface area contributed by atoms with Gasteiger partial charge in [0.2, 0.25) is 0 Å². The van der Waals surface area contributed by atoms with Gasteiger partial charge in [-0.2, -0.15) is 10.5 Å². The summed E-state index contributed by atoms with van der Waals surface area (Å²) in [5.41, 5.74) is 13.6. The van der Waals surface area contributed by atoms with Gasteiger partial charge in [-0.15, -0.1) is 0 Å². The molecule has 0 saturated carbocycles. The Kier molecular flexibility index (Phi) is 7.22. The fourth-order valence-electron chi connectivity index (χ4n) is 8.24. The molecule has 0 spiro atoms. The normalized spacial score (nSPS) is 11.3. The second-order valence-electron chi connectivity index (χ2n) is 13.6. The molecule has 0 aliphatic rings. The first-order chi connectivity index (χ1) is 26.7. The molecule has 10 aromatic rings. The first kappa shape index (κ1) is 31.1. The van der Waals surface area contributed by atoms with Crippen molar-refractivity contribution in [3.8, 4) is 56.9 Å². The quantitative estimate of drug-likeness (QED) is 0.181. The number of para-hydroxylation sites is 3. The van der Waals surface area contributed by atoms with Crippen molar-refractivity contribution < 1.29 is 0 Å². The molecule has 0 fully saturated rings. The van der Waals surface area contributed by atoms with Crippen LogP contribution < -0.4 is 0 Å². The second-order valence-corrected chi connectivity index (χ2v) is 13.6. The average Bonchev–Trinajstić information content (AvgIpc) is 3.76. The summed E-state index contributed by atoms with van der Waals surface area (Å²) < 4.78 is 4.86. The molecule has 250 valence electrons. The van der Waals surface area contributed by atoms with Crippen molar-refractivity contribution in [1.29, 1.82) is 10.5 Å². The van der Waals surface area contributed by atoms with Crippen molar-refractivity contribution in [1.82, 2.24) is 9.13 Å². The van der Waals surface area contributed by atoms with Crippen molar-refractivity contribution in [3.63, 3.8) is 0 Å². The molecule has 2 heterocycles. The van der Waals surface area contributed by atoms with E-state index in [0.29, 0.717) is 11.1 Å². The van der Waals surface area contributed by atoms with Crippen LogP contribution in [-0.2, 0) is 0 Å². The monoisotopic (exact) mass is 686 g/mol. The molecule has 54 heavy (non-hydrogen) atoms. The number of aromatic nitrogens is 2.